The summed E-state index contributed by atoms with van der Waals surface area (Å²) < 4.78 is 42.8. The number of para-hydroxylation sites is 1. The van der Waals surface area contributed by atoms with Crippen molar-refractivity contribution in [3.8, 4) is 0 Å². The number of benzene rings is 3. The SMILES string of the molecule is Cc1ccc(C)c(S(=O)(=O)Nc2ccccc2C(=O)Nc2ccc(Br)cc2F)c1. The lowest BCUT2D eigenvalue weighted by molar-refractivity contribution is 0.102. The van der Waals surface area contributed by atoms with Crippen LogP contribution in [0.5, 0.6) is 0 Å². The van der Waals surface area contributed by atoms with Crippen LogP contribution in [0.2, 0.25) is 0 Å². The van der Waals surface area contributed by atoms with E-state index in [2.05, 4.69) is 26.0 Å². The Bertz CT molecular complexity index is 1200. The Hall–Kier alpha value is -2.71. The Morgan fingerprint density at radius 1 is 0.966 bits per heavy atom. The number of anilines is 2. The smallest absolute Gasteiger partial charge is 0.262 e. The Balaban J connectivity index is 1.92. The second-order valence-electron chi connectivity index (χ2n) is 6.50. The molecule has 150 valence electrons. The number of amides is 1. The molecule has 3 aromatic carbocycles. The van der Waals surface area contributed by atoms with Gasteiger partial charge < -0.3 is 5.32 Å². The normalized spacial score (nSPS) is 11.2. The summed E-state index contributed by atoms with van der Waals surface area (Å²) >= 11 is 3.16. The molecule has 0 aliphatic carbocycles. The number of halogens is 2. The minimum absolute atomic E-state index is 0.00890. The van der Waals surface area contributed by atoms with Gasteiger partial charge in [-0.1, -0.05) is 40.2 Å². The summed E-state index contributed by atoms with van der Waals surface area (Å²) in [5.41, 5.74) is 1.55. The zero-order valence-corrected chi connectivity index (χ0v) is 18.1. The Morgan fingerprint density at radius 2 is 1.69 bits per heavy atom. The van der Waals surface area contributed by atoms with E-state index in [1.165, 1.54) is 24.3 Å². The molecule has 8 heteroatoms. The van der Waals surface area contributed by atoms with Gasteiger partial charge in [0.25, 0.3) is 15.9 Å². The Morgan fingerprint density at radius 3 is 2.41 bits per heavy atom. The van der Waals surface area contributed by atoms with Gasteiger partial charge >= 0.3 is 0 Å². The van der Waals surface area contributed by atoms with Gasteiger partial charge in [-0.15, -0.1) is 0 Å². The van der Waals surface area contributed by atoms with Crippen LogP contribution in [0.25, 0.3) is 0 Å². The number of carbonyl (C=O) groups excluding carboxylic acids is 1. The molecule has 0 aliphatic heterocycles. The number of carbonyl (C=O) groups is 1. The monoisotopic (exact) mass is 476 g/mol. The molecule has 3 aromatic rings. The van der Waals surface area contributed by atoms with Crippen LogP contribution >= 0.6 is 15.9 Å². The van der Waals surface area contributed by atoms with E-state index in [-0.39, 0.29) is 21.8 Å². The van der Waals surface area contributed by atoms with E-state index < -0.39 is 21.7 Å². The van der Waals surface area contributed by atoms with Crippen molar-refractivity contribution in [3.05, 3.63) is 87.6 Å². The number of rotatable bonds is 5. The molecule has 0 bridgehead atoms. The van der Waals surface area contributed by atoms with Gasteiger partial charge in [-0.3, -0.25) is 9.52 Å². The van der Waals surface area contributed by atoms with E-state index in [0.29, 0.717) is 10.0 Å². The summed E-state index contributed by atoms with van der Waals surface area (Å²) in [5.74, 6) is -1.24. The fraction of sp³-hybridized carbons (Fsp3) is 0.0952. The van der Waals surface area contributed by atoms with Crippen LogP contribution in [0.4, 0.5) is 15.8 Å². The van der Waals surface area contributed by atoms with Crippen molar-refractivity contribution in [3.63, 3.8) is 0 Å². The fourth-order valence-electron chi connectivity index (χ4n) is 2.75. The minimum Gasteiger partial charge on any atom is -0.319 e. The lowest BCUT2D eigenvalue weighted by atomic mass is 10.1. The van der Waals surface area contributed by atoms with Crippen LogP contribution in [-0.4, -0.2) is 14.3 Å². The maximum atomic E-state index is 14.0. The quantitative estimate of drug-likeness (QED) is 0.527. The van der Waals surface area contributed by atoms with Gasteiger partial charge in [0, 0.05) is 4.47 Å². The van der Waals surface area contributed by atoms with Crippen LogP contribution in [0.3, 0.4) is 0 Å². The lowest BCUT2D eigenvalue weighted by Crippen LogP contribution is -2.19. The highest BCUT2D eigenvalue weighted by Crippen LogP contribution is 2.25. The summed E-state index contributed by atoms with van der Waals surface area (Å²) in [6, 6.07) is 15.5. The molecular formula is C21H18BrFN2O3S. The second kappa shape index (κ2) is 8.34. The number of aryl methyl sites for hydroxylation is 2. The van der Waals surface area contributed by atoms with Crippen LogP contribution in [0.15, 0.2) is 70.0 Å². The van der Waals surface area contributed by atoms with Crippen LogP contribution < -0.4 is 10.0 Å². The van der Waals surface area contributed by atoms with Gasteiger partial charge in [0.1, 0.15) is 5.82 Å². The molecule has 3 rings (SSSR count). The maximum Gasteiger partial charge on any atom is 0.262 e. The van der Waals surface area contributed by atoms with Crippen LogP contribution in [0.1, 0.15) is 21.5 Å². The van der Waals surface area contributed by atoms with E-state index in [1.54, 1.807) is 44.2 Å². The maximum absolute atomic E-state index is 14.0. The first-order valence-electron chi connectivity index (χ1n) is 8.63. The third-order valence-electron chi connectivity index (χ3n) is 4.23. The first-order valence-corrected chi connectivity index (χ1v) is 10.9. The topological polar surface area (TPSA) is 75.3 Å². The highest BCUT2D eigenvalue weighted by atomic mass is 79.9. The molecule has 0 spiro atoms. The predicted molar refractivity (Wildman–Crippen MR) is 115 cm³/mol. The zero-order chi connectivity index (χ0) is 21.2. The highest BCUT2D eigenvalue weighted by Gasteiger charge is 2.21. The zero-order valence-electron chi connectivity index (χ0n) is 15.7. The average Bonchev–Trinajstić information content (AvgIpc) is 2.66. The van der Waals surface area contributed by atoms with E-state index in [1.807, 2.05) is 6.07 Å². The number of nitrogens with one attached hydrogen (secondary N) is 2. The van der Waals surface area contributed by atoms with Crippen molar-refractivity contribution in [1.29, 1.82) is 0 Å². The lowest BCUT2D eigenvalue weighted by Gasteiger charge is -2.14. The van der Waals surface area contributed by atoms with Gasteiger partial charge in [0.15, 0.2) is 0 Å². The standard InChI is InChI=1S/C21H18BrFN2O3S/c1-13-7-8-14(2)20(11-13)29(27,28)25-18-6-4-3-5-16(18)21(26)24-19-10-9-15(22)12-17(19)23/h3-12,25H,1-2H3,(H,24,26). The van der Waals surface area contributed by atoms with Gasteiger partial charge in [-0.25, -0.2) is 12.8 Å². The van der Waals surface area contributed by atoms with Crippen molar-refractivity contribution in [2.24, 2.45) is 0 Å². The molecule has 0 aliphatic rings. The van der Waals surface area contributed by atoms with Gasteiger partial charge in [0.2, 0.25) is 0 Å². The summed E-state index contributed by atoms with van der Waals surface area (Å²) in [7, 11) is -3.92. The van der Waals surface area contributed by atoms with Crippen LogP contribution in [-0.2, 0) is 10.0 Å². The summed E-state index contributed by atoms with van der Waals surface area (Å²) in [6.45, 7) is 3.50. The molecule has 0 saturated heterocycles. The fourth-order valence-corrected chi connectivity index (χ4v) is 4.49. The Labute approximate surface area is 177 Å². The van der Waals surface area contributed by atoms with E-state index in [0.717, 1.165) is 5.56 Å². The summed E-state index contributed by atoms with van der Waals surface area (Å²) in [5, 5.41) is 2.47. The van der Waals surface area contributed by atoms with Crippen molar-refractivity contribution in [1.82, 2.24) is 0 Å². The second-order valence-corrected chi connectivity index (χ2v) is 9.06. The predicted octanol–water partition coefficient (Wildman–Crippen LogP) is 5.26. The highest BCUT2D eigenvalue weighted by molar-refractivity contribution is 9.10. The molecule has 0 saturated carbocycles. The number of hydrogen-bond acceptors (Lipinski definition) is 3. The first kappa shape index (κ1) is 21.0. The molecule has 1 amide bonds. The summed E-state index contributed by atoms with van der Waals surface area (Å²) in [6.07, 6.45) is 0. The average molecular weight is 477 g/mol. The largest absolute Gasteiger partial charge is 0.319 e. The number of hydrogen-bond donors (Lipinski definition) is 2. The molecule has 29 heavy (non-hydrogen) atoms. The molecule has 2 N–H and O–H groups in total. The Kier molecular flexibility index (Phi) is 6.04. The molecule has 0 unspecified atom stereocenters. The molecule has 0 fully saturated rings. The van der Waals surface area contributed by atoms with Gasteiger partial charge in [-0.2, -0.15) is 0 Å². The van der Waals surface area contributed by atoms with Crippen molar-refractivity contribution in [2.75, 3.05) is 10.0 Å². The van der Waals surface area contributed by atoms with Crippen molar-refractivity contribution >= 4 is 43.2 Å². The van der Waals surface area contributed by atoms with Gasteiger partial charge in [0.05, 0.1) is 21.8 Å². The molecule has 5 nitrogen and oxygen atoms in total. The molecule has 0 atom stereocenters. The number of sulfonamides is 1. The van der Waals surface area contributed by atoms with E-state index >= 15 is 0 Å². The molecular weight excluding hydrogens is 459 g/mol. The van der Waals surface area contributed by atoms with Crippen molar-refractivity contribution in [2.45, 2.75) is 18.7 Å². The third-order valence-corrected chi connectivity index (χ3v) is 6.23. The minimum atomic E-state index is -3.92. The van der Waals surface area contributed by atoms with Crippen LogP contribution in [0, 0.1) is 19.7 Å². The van der Waals surface area contributed by atoms with E-state index in [4.69, 9.17) is 0 Å². The molecule has 0 aromatic heterocycles. The van der Waals surface area contributed by atoms with E-state index in [9.17, 15) is 17.6 Å². The third kappa shape index (κ3) is 4.83. The van der Waals surface area contributed by atoms with Gasteiger partial charge in [-0.05, 0) is 61.4 Å². The summed E-state index contributed by atoms with van der Waals surface area (Å²) in [4.78, 5) is 12.8. The molecule has 0 heterocycles. The van der Waals surface area contributed by atoms with Crippen molar-refractivity contribution < 1.29 is 17.6 Å². The first-order chi connectivity index (χ1) is 13.7. The molecule has 0 radical (unpaired) electrons.